The molecule has 0 aliphatic carbocycles. The summed E-state index contributed by atoms with van der Waals surface area (Å²) in [5.41, 5.74) is 2.50. The summed E-state index contributed by atoms with van der Waals surface area (Å²) in [7, 11) is 0. The number of furan rings is 1. The van der Waals surface area contributed by atoms with Gasteiger partial charge >= 0.3 is 5.97 Å². The molecular weight excluding hydrogens is 462 g/mol. The van der Waals surface area contributed by atoms with Crippen LogP contribution in [0.1, 0.15) is 27.9 Å². The molecule has 0 radical (unpaired) electrons. The summed E-state index contributed by atoms with van der Waals surface area (Å²) in [6.07, 6.45) is 1.57. The fourth-order valence-electron chi connectivity index (χ4n) is 2.98. The molecule has 4 rings (SSSR count). The average Bonchev–Trinajstić information content (AvgIpc) is 3.53. The van der Waals surface area contributed by atoms with E-state index in [4.69, 9.17) is 9.15 Å². The fourth-order valence-corrected chi connectivity index (χ4v) is 4.61. The van der Waals surface area contributed by atoms with E-state index in [0.717, 1.165) is 22.6 Å². The Kier molecular flexibility index (Phi) is 6.90. The Morgan fingerprint density at radius 1 is 1.18 bits per heavy atom. The van der Waals surface area contributed by atoms with Gasteiger partial charge in [-0.15, -0.1) is 10.2 Å². The molecule has 1 amide bonds. The molecule has 0 saturated heterocycles. The summed E-state index contributed by atoms with van der Waals surface area (Å²) in [6.45, 7) is 5.72. The van der Waals surface area contributed by atoms with E-state index >= 15 is 0 Å². The predicted molar refractivity (Wildman–Crippen MR) is 126 cm³/mol. The van der Waals surface area contributed by atoms with Crippen LogP contribution in [-0.4, -0.2) is 44.0 Å². The van der Waals surface area contributed by atoms with Gasteiger partial charge in [-0.3, -0.25) is 9.36 Å². The second kappa shape index (κ2) is 10.0. The van der Waals surface area contributed by atoms with Crippen molar-refractivity contribution in [2.24, 2.45) is 0 Å². The molecule has 0 atom stereocenters. The third-order valence-electron chi connectivity index (χ3n) is 4.50. The first kappa shape index (κ1) is 22.7. The molecule has 3 aromatic heterocycles. The molecule has 11 heteroatoms. The summed E-state index contributed by atoms with van der Waals surface area (Å²) in [4.78, 5) is 29.2. The van der Waals surface area contributed by atoms with E-state index in [-0.39, 0.29) is 18.3 Å². The van der Waals surface area contributed by atoms with Crippen LogP contribution in [0.4, 0.5) is 5.13 Å². The van der Waals surface area contributed by atoms with Crippen molar-refractivity contribution in [2.45, 2.75) is 25.9 Å². The lowest BCUT2D eigenvalue weighted by atomic mass is 10.2. The van der Waals surface area contributed by atoms with Gasteiger partial charge in [0.1, 0.15) is 4.88 Å². The highest BCUT2D eigenvalue weighted by Crippen LogP contribution is 2.29. The van der Waals surface area contributed by atoms with E-state index in [1.807, 2.05) is 41.8 Å². The summed E-state index contributed by atoms with van der Waals surface area (Å²) in [5.74, 6) is 0.474. The number of nitrogens with one attached hydrogen (secondary N) is 1. The van der Waals surface area contributed by atoms with Crippen LogP contribution in [0, 0.1) is 13.8 Å². The summed E-state index contributed by atoms with van der Waals surface area (Å²) >= 11 is 2.33. The van der Waals surface area contributed by atoms with Gasteiger partial charge in [-0.2, -0.15) is 0 Å². The number of carbonyl (C=O) groups excluding carboxylic acids is 2. The van der Waals surface area contributed by atoms with Crippen LogP contribution in [0.3, 0.4) is 0 Å². The largest absolute Gasteiger partial charge is 0.462 e. The molecule has 1 N–H and O–H groups in total. The second-order valence-corrected chi connectivity index (χ2v) is 8.89. The Morgan fingerprint density at radius 2 is 1.97 bits per heavy atom. The van der Waals surface area contributed by atoms with Crippen molar-refractivity contribution in [1.82, 2.24) is 19.7 Å². The maximum atomic E-state index is 12.6. The second-order valence-electron chi connectivity index (χ2n) is 6.95. The van der Waals surface area contributed by atoms with Crippen molar-refractivity contribution in [3.05, 3.63) is 58.8 Å². The number of hydrogen-bond donors (Lipinski definition) is 1. The lowest BCUT2D eigenvalue weighted by Gasteiger charge is -2.09. The standard InChI is InChI=1S/C22H21N5O4S2/c1-4-30-20(29)18-14(3)23-21(33-18)24-17(28)12-32-22-26-25-19(16-6-5-11-31-16)27(22)15-9-7-13(2)8-10-15/h5-11H,4,12H2,1-3H3,(H,23,24,28). The number of thiazole rings is 1. The Labute approximate surface area is 198 Å². The molecule has 9 nitrogen and oxygen atoms in total. The molecule has 0 fully saturated rings. The monoisotopic (exact) mass is 483 g/mol. The minimum Gasteiger partial charge on any atom is -0.462 e. The van der Waals surface area contributed by atoms with Crippen LogP contribution in [0.2, 0.25) is 0 Å². The number of thioether (sulfide) groups is 1. The van der Waals surface area contributed by atoms with Crippen LogP contribution in [0.15, 0.2) is 52.2 Å². The van der Waals surface area contributed by atoms with E-state index in [2.05, 4.69) is 20.5 Å². The third-order valence-corrected chi connectivity index (χ3v) is 6.49. The summed E-state index contributed by atoms with van der Waals surface area (Å²) in [6, 6.07) is 11.5. The molecule has 0 unspecified atom stereocenters. The molecule has 0 saturated carbocycles. The number of benzene rings is 1. The first-order valence-corrected chi connectivity index (χ1v) is 11.9. The van der Waals surface area contributed by atoms with Crippen molar-refractivity contribution in [1.29, 1.82) is 0 Å². The Morgan fingerprint density at radius 3 is 2.67 bits per heavy atom. The number of esters is 1. The Bertz CT molecular complexity index is 1260. The normalized spacial score (nSPS) is 10.9. The lowest BCUT2D eigenvalue weighted by molar-refractivity contribution is -0.113. The van der Waals surface area contributed by atoms with Gasteiger partial charge in [0.05, 0.1) is 24.3 Å². The van der Waals surface area contributed by atoms with Crippen LogP contribution in [0.5, 0.6) is 0 Å². The molecule has 0 bridgehead atoms. The van der Waals surface area contributed by atoms with Gasteiger partial charge in [0, 0.05) is 5.69 Å². The summed E-state index contributed by atoms with van der Waals surface area (Å²) < 4.78 is 12.4. The number of amides is 1. The van der Waals surface area contributed by atoms with Crippen molar-refractivity contribution in [3.8, 4) is 17.3 Å². The van der Waals surface area contributed by atoms with Crippen LogP contribution >= 0.6 is 23.1 Å². The smallest absolute Gasteiger partial charge is 0.350 e. The zero-order valence-electron chi connectivity index (χ0n) is 18.2. The molecule has 170 valence electrons. The highest BCUT2D eigenvalue weighted by atomic mass is 32.2. The predicted octanol–water partition coefficient (Wildman–Crippen LogP) is 4.51. The van der Waals surface area contributed by atoms with E-state index in [1.54, 1.807) is 26.2 Å². The van der Waals surface area contributed by atoms with Crippen LogP contribution in [0.25, 0.3) is 17.3 Å². The molecule has 0 spiro atoms. The van der Waals surface area contributed by atoms with Crippen LogP contribution in [-0.2, 0) is 9.53 Å². The Balaban J connectivity index is 1.51. The molecule has 0 aliphatic heterocycles. The van der Waals surface area contributed by atoms with Crippen molar-refractivity contribution >= 4 is 40.1 Å². The van der Waals surface area contributed by atoms with Gasteiger partial charge in [-0.25, -0.2) is 9.78 Å². The number of anilines is 1. The topological polar surface area (TPSA) is 112 Å². The first-order chi connectivity index (χ1) is 16.0. The average molecular weight is 484 g/mol. The first-order valence-electron chi connectivity index (χ1n) is 10.1. The maximum absolute atomic E-state index is 12.6. The Hall–Kier alpha value is -3.44. The number of aromatic nitrogens is 4. The number of nitrogens with zero attached hydrogens (tertiary/aromatic N) is 4. The minimum absolute atomic E-state index is 0.0789. The van der Waals surface area contributed by atoms with E-state index < -0.39 is 5.97 Å². The quantitative estimate of drug-likeness (QED) is 0.288. The lowest BCUT2D eigenvalue weighted by Crippen LogP contribution is -2.14. The zero-order valence-corrected chi connectivity index (χ0v) is 19.8. The van der Waals surface area contributed by atoms with Crippen molar-refractivity contribution in [3.63, 3.8) is 0 Å². The molecule has 4 aromatic rings. The zero-order chi connectivity index (χ0) is 23.4. The van der Waals surface area contributed by atoms with Gasteiger partial charge < -0.3 is 14.5 Å². The van der Waals surface area contributed by atoms with E-state index in [0.29, 0.717) is 32.4 Å². The van der Waals surface area contributed by atoms with Gasteiger partial charge in [-0.05, 0) is 45.0 Å². The molecule has 33 heavy (non-hydrogen) atoms. The number of ether oxygens (including phenoxy) is 1. The van der Waals surface area contributed by atoms with Crippen molar-refractivity contribution in [2.75, 3.05) is 17.7 Å². The number of hydrogen-bond acceptors (Lipinski definition) is 9. The molecule has 0 aliphatic rings. The van der Waals surface area contributed by atoms with Gasteiger partial charge in [0.25, 0.3) is 0 Å². The van der Waals surface area contributed by atoms with Gasteiger partial charge in [-0.1, -0.05) is 40.8 Å². The highest BCUT2D eigenvalue weighted by Gasteiger charge is 2.20. The molecule has 1 aromatic carbocycles. The third kappa shape index (κ3) is 5.15. The number of aryl methyl sites for hydroxylation is 2. The van der Waals surface area contributed by atoms with Gasteiger partial charge in [0.15, 0.2) is 16.0 Å². The van der Waals surface area contributed by atoms with Crippen LogP contribution < -0.4 is 5.32 Å². The van der Waals surface area contributed by atoms with E-state index in [1.165, 1.54) is 11.8 Å². The SMILES string of the molecule is CCOC(=O)c1sc(NC(=O)CSc2nnc(-c3ccco3)n2-c2ccc(C)cc2)nc1C. The molecule has 3 heterocycles. The number of carbonyl (C=O) groups is 2. The van der Waals surface area contributed by atoms with E-state index in [9.17, 15) is 9.59 Å². The number of rotatable bonds is 8. The fraction of sp³-hybridized carbons (Fsp3) is 0.227. The minimum atomic E-state index is -0.445. The molecular formula is C22H21N5O4S2. The summed E-state index contributed by atoms with van der Waals surface area (Å²) in [5, 5.41) is 12.2. The van der Waals surface area contributed by atoms with Gasteiger partial charge in [0.2, 0.25) is 11.7 Å². The highest BCUT2D eigenvalue weighted by molar-refractivity contribution is 7.99. The maximum Gasteiger partial charge on any atom is 0.350 e. The van der Waals surface area contributed by atoms with Crippen molar-refractivity contribution < 1.29 is 18.7 Å².